The number of rotatable bonds is 5. The molecule has 16 heavy (non-hydrogen) atoms. The molecule has 0 fully saturated rings. The van der Waals surface area contributed by atoms with Crippen LogP contribution in [0.15, 0.2) is 24.3 Å². The number of hydrogen-bond donors (Lipinski definition) is 0. The molecule has 0 aliphatic carbocycles. The second-order valence-corrected chi connectivity index (χ2v) is 3.65. The molecule has 1 aromatic rings. The molecule has 0 bridgehead atoms. The summed E-state index contributed by atoms with van der Waals surface area (Å²) in [7, 11) is 0. The molecule has 0 saturated heterocycles. The first-order chi connectivity index (χ1) is 7.69. The Bertz CT molecular complexity index is 394. The molecule has 0 N–H and O–H groups in total. The van der Waals surface area contributed by atoms with Gasteiger partial charge in [-0.3, -0.25) is 4.79 Å². The van der Waals surface area contributed by atoms with Crippen molar-refractivity contribution in [1.29, 1.82) is 5.26 Å². The predicted octanol–water partition coefficient (Wildman–Crippen LogP) is 2.55. The van der Waals surface area contributed by atoms with E-state index in [0.29, 0.717) is 17.2 Å². The Morgan fingerprint density at radius 2 is 2.12 bits per heavy atom. The van der Waals surface area contributed by atoms with E-state index in [4.69, 9.17) is 21.6 Å². The van der Waals surface area contributed by atoms with Gasteiger partial charge in [-0.05, 0) is 24.6 Å². The van der Waals surface area contributed by atoms with Gasteiger partial charge in [0, 0.05) is 11.6 Å². The molecule has 0 spiro atoms. The standard InChI is InChI=1S/C12H12ClNO2/c1-2-16-8-12(15)11(7-14)9-3-5-10(13)6-4-9/h3-6,11H,2,8H2,1H3. The summed E-state index contributed by atoms with van der Waals surface area (Å²) in [6, 6.07) is 8.66. The summed E-state index contributed by atoms with van der Waals surface area (Å²) in [6.45, 7) is 2.23. The van der Waals surface area contributed by atoms with E-state index in [0.717, 1.165) is 0 Å². The Hall–Kier alpha value is -1.37. The van der Waals surface area contributed by atoms with Crippen molar-refractivity contribution in [2.45, 2.75) is 12.8 Å². The van der Waals surface area contributed by atoms with Crippen LogP contribution in [-0.2, 0) is 9.53 Å². The number of carbonyl (C=O) groups is 1. The van der Waals surface area contributed by atoms with Gasteiger partial charge >= 0.3 is 0 Å². The lowest BCUT2D eigenvalue weighted by Crippen LogP contribution is -2.17. The topological polar surface area (TPSA) is 50.1 Å². The van der Waals surface area contributed by atoms with E-state index in [2.05, 4.69) is 0 Å². The number of ketones is 1. The molecule has 1 rings (SSSR count). The third-order valence-corrected chi connectivity index (χ3v) is 2.35. The van der Waals surface area contributed by atoms with Crippen LogP contribution in [0.25, 0.3) is 0 Å². The van der Waals surface area contributed by atoms with Crippen molar-refractivity contribution in [3.8, 4) is 6.07 Å². The lowest BCUT2D eigenvalue weighted by atomic mass is 9.97. The molecule has 1 aromatic carbocycles. The Morgan fingerprint density at radius 1 is 1.50 bits per heavy atom. The highest BCUT2D eigenvalue weighted by Crippen LogP contribution is 2.18. The van der Waals surface area contributed by atoms with Crippen molar-refractivity contribution in [3.05, 3.63) is 34.9 Å². The van der Waals surface area contributed by atoms with Crippen LogP contribution in [0.4, 0.5) is 0 Å². The molecule has 0 amide bonds. The largest absolute Gasteiger partial charge is 0.374 e. The smallest absolute Gasteiger partial charge is 0.179 e. The normalized spacial score (nSPS) is 11.8. The SMILES string of the molecule is CCOCC(=O)C(C#N)c1ccc(Cl)cc1. The number of nitrogens with zero attached hydrogens (tertiary/aromatic N) is 1. The quantitative estimate of drug-likeness (QED) is 0.791. The fourth-order valence-electron chi connectivity index (χ4n) is 1.27. The van der Waals surface area contributed by atoms with Crippen molar-refractivity contribution in [3.63, 3.8) is 0 Å². The third kappa shape index (κ3) is 3.34. The number of halogens is 1. The van der Waals surface area contributed by atoms with Crippen LogP contribution in [0.1, 0.15) is 18.4 Å². The molecule has 0 radical (unpaired) electrons. The second-order valence-electron chi connectivity index (χ2n) is 3.22. The fourth-order valence-corrected chi connectivity index (χ4v) is 1.40. The van der Waals surface area contributed by atoms with Crippen LogP contribution in [-0.4, -0.2) is 19.0 Å². The summed E-state index contributed by atoms with van der Waals surface area (Å²) in [5, 5.41) is 9.54. The third-order valence-electron chi connectivity index (χ3n) is 2.10. The van der Waals surface area contributed by atoms with Crippen molar-refractivity contribution >= 4 is 17.4 Å². The second kappa shape index (κ2) is 6.26. The maximum absolute atomic E-state index is 11.6. The number of benzene rings is 1. The number of carbonyl (C=O) groups excluding carboxylic acids is 1. The lowest BCUT2D eigenvalue weighted by molar-refractivity contribution is -0.123. The first-order valence-corrected chi connectivity index (χ1v) is 5.32. The summed E-state index contributed by atoms with van der Waals surface area (Å²) < 4.78 is 5.00. The van der Waals surface area contributed by atoms with Gasteiger partial charge in [-0.1, -0.05) is 23.7 Å². The van der Waals surface area contributed by atoms with Crippen LogP contribution in [0.2, 0.25) is 5.02 Å². The van der Waals surface area contributed by atoms with Gasteiger partial charge in [0.1, 0.15) is 12.5 Å². The van der Waals surface area contributed by atoms with E-state index >= 15 is 0 Å². The van der Waals surface area contributed by atoms with Crippen LogP contribution < -0.4 is 0 Å². The van der Waals surface area contributed by atoms with Gasteiger partial charge in [-0.25, -0.2) is 0 Å². The minimum atomic E-state index is -0.774. The van der Waals surface area contributed by atoms with Crippen molar-refractivity contribution in [2.75, 3.05) is 13.2 Å². The van der Waals surface area contributed by atoms with Gasteiger partial charge in [0.2, 0.25) is 0 Å². The number of ether oxygens (including phenoxy) is 1. The van der Waals surface area contributed by atoms with Crippen molar-refractivity contribution < 1.29 is 9.53 Å². The van der Waals surface area contributed by atoms with E-state index in [9.17, 15) is 4.79 Å². The highest BCUT2D eigenvalue weighted by molar-refractivity contribution is 6.30. The molecule has 0 heterocycles. The van der Waals surface area contributed by atoms with E-state index in [1.165, 1.54) is 0 Å². The molecule has 3 nitrogen and oxygen atoms in total. The van der Waals surface area contributed by atoms with Gasteiger partial charge < -0.3 is 4.74 Å². The zero-order valence-corrected chi connectivity index (χ0v) is 9.70. The maximum Gasteiger partial charge on any atom is 0.179 e. The molecule has 0 aliphatic heterocycles. The molecule has 1 atom stereocenters. The molecule has 4 heteroatoms. The average Bonchev–Trinajstić information content (AvgIpc) is 2.30. The summed E-state index contributed by atoms with van der Waals surface area (Å²) in [6.07, 6.45) is 0. The van der Waals surface area contributed by atoms with Crippen LogP contribution in [0.5, 0.6) is 0 Å². The predicted molar refractivity (Wildman–Crippen MR) is 61.3 cm³/mol. The van der Waals surface area contributed by atoms with Crippen LogP contribution in [0, 0.1) is 11.3 Å². The summed E-state index contributed by atoms with van der Waals surface area (Å²) in [5.41, 5.74) is 0.650. The highest BCUT2D eigenvalue weighted by atomic mass is 35.5. The average molecular weight is 238 g/mol. The van der Waals surface area contributed by atoms with Gasteiger partial charge in [0.05, 0.1) is 6.07 Å². The first-order valence-electron chi connectivity index (χ1n) is 4.94. The van der Waals surface area contributed by atoms with Gasteiger partial charge in [0.25, 0.3) is 0 Å². The molecule has 84 valence electrons. The summed E-state index contributed by atoms with van der Waals surface area (Å²) >= 11 is 5.73. The minimum Gasteiger partial charge on any atom is -0.374 e. The zero-order chi connectivity index (χ0) is 12.0. The first kappa shape index (κ1) is 12.7. The van der Waals surface area contributed by atoms with Gasteiger partial charge in [-0.15, -0.1) is 0 Å². The summed E-state index contributed by atoms with van der Waals surface area (Å²) in [4.78, 5) is 11.6. The molecule has 0 aromatic heterocycles. The minimum absolute atomic E-state index is 0.0304. The number of Topliss-reactive ketones (excluding diaryl/α,β-unsaturated/α-hetero) is 1. The van der Waals surface area contributed by atoms with Crippen LogP contribution >= 0.6 is 11.6 Å². The van der Waals surface area contributed by atoms with Crippen molar-refractivity contribution in [2.24, 2.45) is 0 Å². The van der Waals surface area contributed by atoms with Crippen LogP contribution in [0.3, 0.4) is 0 Å². The zero-order valence-electron chi connectivity index (χ0n) is 8.94. The van der Waals surface area contributed by atoms with E-state index < -0.39 is 5.92 Å². The Kier molecular flexibility index (Phi) is 4.97. The fraction of sp³-hybridized carbons (Fsp3) is 0.333. The Balaban J connectivity index is 2.79. The van der Waals surface area contributed by atoms with Gasteiger partial charge in [-0.2, -0.15) is 5.26 Å². The Labute approximate surface area is 99.6 Å². The van der Waals surface area contributed by atoms with E-state index in [-0.39, 0.29) is 12.4 Å². The number of hydrogen-bond acceptors (Lipinski definition) is 3. The molecule has 0 saturated carbocycles. The van der Waals surface area contributed by atoms with E-state index in [1.807, 2.05) is 6.07 Å². The maximum atomic E-state index is 11.6. The summed E-state index contributed by atoms with van der Waals surface area (Å²) in [5.74, 6) is -1.00. The highest BCUT2D eigenvalue weighted by Gasteiger charge is 2.19. The molecule has 1 unspecified atom stereocenters. The molecular formula is C12H12ClNO2. The monoisotopic (exact) mass is 237 g/mol. The Morgan fingerprint density at radius 3 is 2.62 bits per heavy atom. The number of nitriles is 1. The van der Waals surface area contributed by atoms with Gasteiger partial charge in [0.15, 0.2) is 5.78 Å². The molecule has 0 aliphatic rings. The van der Waals surface area contributed by atoms with Crippen molar-refractivity contribution in [1.82, 2.24) is 0 Å². The molecular weight excluding hydrogens is 226 g/mol. The lowest BCUT2D eigenvalue weighted by Gasteiger charge is -2.08. The van der Waals surface area contributed by atoms with E-state index in [1.54, 1.807) is 31.2 Å².